The van der Waals surface area contributed by atoms with E-state index in [1.54, 1.807) is 6.92 Å². The van der Waals surface area contributed by atoms with E-state index in [0.717, 1.165) is 36.0 Å². The summed E-state index contributed by atoms with van der Waals surface area (Å²) in [7, 11) is 0. The van der Waals surface area contributed by atoms with Gasteiger partial charge in [0.25, 0.3) is 0 Å². The van der Waals surface area contributed by atoms with Gasteiger partial charge in [-0.2, -0.15) is 0 Å². The third kappa shape index (κ3) is 4.05. The number of nitrogens with one attached hydrogen (secondary N) is 2. The van der Waals surface area contributed by atoms with Crippen LogP contribution in [0.1, 0.15) is 32.3 Å². The van der Waals surface area contributed by atoms with Crippen molar-refractivity contribution in [3.8, 4) is 0 Å². The first-order valence-electron chi connectivity index (χ1n) is 7.37. The van der Waals surface area contributed by atoms with Crippen molar-refractivity contribution in [1.82, 2.24) is 10.6 Å². The fourth-order valence-corrected chi connectivity index (χ4v) is 2.94. The summed E-state index contributed by atoms with van der Waals surface area (Å²) in [5.41, 5.74) is 6.16. The molecule has 1 aliphatic rings. The average molecular weight is 354 g/mol. The van der Waals surface area contributed by atoms with Crippen LogP contribution in [-0.4, -0.2) is 25.5 Å². The lowest BCUT2D eigenvalue weighted by Crippen LogP contribution is -2.53. The van der Waals surface area contributed by atoms with E-state index in [-0.39, 0.29) is 11.3 Å². The second-order valence-corrected chi connectivity index (χ2v) is 7.40. The highest BCUT2D eigenvalue weighted by atomic mass is 79.9. The molecule has 1 aromatic carbocycles. The second kappa shape index (κ2) is 6.46. The molecule has 1 aliphatic heterocycles. The van der Waals surface area contributed by atoms with E-state index in [1.165, 1.54) is 0 Å². The summed E-state index contributed by atoms with van der Waals surface area (Å²) >= 11 is 3.39. The Balaban J connectivity index is 1.99. The lowest BCUT2D eigenvalue weighted by atomic mass is 9.82. The van der Waals surface area contributed by atoms with E-state index in [9.17, 15) is 4.79 Å². The summed E-state index contributed by atoms with van der Waals surface area (Å²) in [4.78, 5) is 12.5. The smallest absolute Gasteiger partial charge is 0.244 e. The van der Waals surface area contributed by atoms with Crippen molar-refractivity contribution >= 4 is 21.8 Å². The predicted molar refractivity (Wildman–Crippen MR) is 88.9 cm³/mol. The predicted octanol–water partition coefficient (Wildman–Crippen LogP) is 2.13. The molecule has 0 aromatic heterocycles. The Morgan fingerprint density at radius 3 is 2.71 bits per heavy atom. The molecular formula is C16H24BrN3O. The Labute approximate surface area is 135 Å². The van der Waals surface area contributed by atoms with Crippen LogP contribution in [0.4, 0.5) is 0 Å². The van der Waals surface area contributed by atoms with Gasteiger partial charge in [-0.25, -0.2) is 0 Å². The van der Waals surface area contributed by atoms with Gasteiger partial charge in [0.05, 0.1) is 0 Å². The summed E-state index contributed by atoms with van der Waals surface area (Å²) in [6.45, 7) is 6.62. The molecule has 1 amide bonds. The molecule has 4 nitrogen and oxygen atoms in total. The summed E-state index contributed by atoms with van der Waals surface area (Å²) in [5, 5.41) is 6.42. The summed E-state index contributed by atoms with van der Waals surface area (Å²) in [5.74, 6) is -0.128. The molecule has 0 saturated carbocycles. The van der Waals surface area contributed by atoms with Crippen molar-refractivity contribution in [2.24, 2.45) is 11.1 Å². The van der Waals surface area contributed by atoms with Gasteiger partial charge in [0.2, 0.25) is 5.91 Å². The maximum Gasteiger partial charge on any atom is 0.244 e. The topological polar surface area (TPSA) is 67.2 Å². The zero-order valence-electron chi connectivity index (χ0n) is 12.7. The van der Waals surface area contributed by atoms with Gasteiger partial charge in [0.1, 0.15) is 5.54 Å². The summed E-state index contributed by atoms with van der Waals surface area (Å²) < 4.78 is 0.975. The molecule has 0 bridgehead atoms. The maximum absolute atomic E-state index is 12.5. The zero-order valence-corrected chi connectivity index (χ0v) is 14.3. The fraction of sp³-hybridized carbons (Fsp3) is 0.562. The van der Waals surface area contributed by atoms with Crippen LogP contribution < -0.4 is 16.4 Å². The number of piperidine rings is 1. The number of nitrogens with two attached hydrogens (primary N) is 1. The number of rotatable bonds is 4. The molecule has 116 valence electrons. The van der Waals surface area contributed by atoms with Crippen LogP contribution in [0, 0.1) is 5.41 Å². The highest BCUT2D eigenvalue weighted by molar-refractivity contribution is 9.10. The molecule has 0 radical (unpaired) electrons. The Morgan fingerprint density at radius 2 is 2.14 bits per heavy atom. The zero-order chi connectivity index (χ0) is 15.5. The van der Waals surface area contributed by atoms with Crippen molar-refractivity contribution in [3.05, 3.63) is 34.3 Å². The number of hydrogen-bond donors (Lipinski definition) is 3. The van der Waals surface area contributed by atoms with E-state index in [4.69, 9.17) is 5.73 Å². The molecule has 21 heavy (non-hydrogen) atoms. The molecule has 2 rings (SSSR count). The van der Waals surface area contributed by atoms with Gasteiger partial charge >= 0.3 is 0 Å². The molecule has 2 atom stereocenters. The molecule has 5 heteroatoms. The average Bonchev–Trinajstić information content (AvgIpc) is 2.46. The molecule has 1 fully saturated rings. The minimum atomic E-state index is -1.01. The number of carbonyl (C=O) groups is 1. The highest BCUT2D eigenvalue weighted by Crippen LogP contribution is 2.25. The Kier molecular flexibility index (Phi) is 5.07. The Hall–Kier alpha value is -0.910. The Bertz CT molecular complexity index is 493. The molecule has 1 aromatic rings. The van der Waals surface area contributed by atoms with Gasteiger partial charge in [-0.05, 0) is 49.4 Å². The molecule has 1 saturated heterocycles. The van der Waals surface area contributed by atoms with Crippen LogP contribution in [0.3, 0.4) is 0 Å². The lowest BCUT2D eigenvalue weighted by Gasteiger charge is -2.35. The largest absolute Gasteiger partial charge is 0.354 e. The SMILES string of the molecule is CC1(CNC(=O)C(C)(N)c2ccc(Br)cc2)CCCNC1. The minimum absolute atomic E-state index is 0.115. The van der Waals surface area contributed by atoms with Crippen molar-refractivity contribution in [3.63, 3.8) is 0 Å². The standard InChI is InChI=1S/C16H24BrN3O/c1-15(8-3-9-19-10-15)11-20-14(21)16(2,18)12-4-6-13(17)7-5-12/h4-7,19H,3,8-11,18H2,1-2H3,(H,20,21). The second-order valence-electron chi connectivity index (χ2n) is 6.48. The number of amides is 1. The first-order valence-corrected chi connectivity index (χ1v) is 8.17. The van der Waals surface area contributed by atoms with Crippen LogP contribution in [0.25, 0.3) is 0 Å². The van der Waals surface area contributed by atoms with Crippen molar-refractivity contribution in [1.29, 1.82) is 0 Å². The number of hydrogen-bond acceptors (Lipinski definition) is 3. The molecule has 2 unspecified atom stereocenters. The molecule has 0 aliphatic carbocycles. The van der Waals surface area contributed by atoms with Crippen LogP contribution in [0.2, 0.25) is 0 Å². The van der Waals surface area contributed by atoms with E-state index in [0.29, 0.717) is 6.54 Å². The highest BCUT2D eigenvalue weighted by Gasteiger charge is 2.33. The van der Waals surface area contributed by atoms with Gasteiger partial charge in [0, 0.05) is 17.6 Å². The van der Waals surface area contributed by atoms with Gasteiger partial charge in [-0.3, -0.25) is 4.79 Å². The number of carbonyl (C=O) groups excluding carboxylic acids is 1. The van der Waals surface area contributed by atoms with Crippen molar-refractivity contribution < 1.29 is 4.79 Å². The Morgan fingerprint density at radius 1 is 1.48 bits per heavy atom. The van der Waals surface area contributed by atoms with Crippen LogP contribution >= 0.6 is 15.9 Å². The maximum atomic E-state index is 12.5. The lowest BCUT2D eigenvalue weighted by molar-refractivity contribution is -0.126. The molecule has 0 spiro atoms. The number of halogens is 1. The van der Waals surface area contributed by atoms with Crippen LogP contribution in [0.15, 0.2) is 28.7 Å². The van der Waals surface area contributed by atoms with Gasteiger partial charge < -0.3 is 16.4 Å². The summed E-state index contributed by atoms with van der Waals surface area (Å²) in [6, 6.07) is 7.57. The molecule has 4 N–H and O–H groups in total. The van der Waals surface area contributed by atoms with Crippen molar-refractivity contribution in [2.75, 3.05) is 19.6 Å². The first kappa shape index (κ1) is 16.5. The quantitative estimate of drug-likeness (QED) is 0.776. The third-order valence-electron chi connectivity index (χ3n) is 4.28. The third-order valence-corrected chi connectivity index (χ3v) is 4.81. The fourth-order valence-electron chi connectivity index (χ4n) is 2.67. The minimum Gasteiger partial charge on any atom is -0.354 e. The van der Waals surface area contributed by atoms with E-state index in [2.05, 4.69) is 33.5 Å². The van der Waals surface area contributed by atoms with E-state index < -0.39 is 5.54 Å². The van der Waals surface area contributed by atoms with Crippen LogP contribution in [0.5, 0.6) is 0 Å². The normalized spacial score (nSPS) is 25.1. The van der Waals surface area contributed by atoms with Gasteiger partial charge in [-0.15, -0.1) is 0 Å². The van der Waals surface area contributed by atoms with Gasteiger partial charge in [-0.1, -0.05) is 35.0 Å². The number of benzene rings is 1. The molecular weight excluding hydrogens is 330 g/mol. The van der Waals surface area contributed by atoms with Crippen molar-refractivity contribution in [2.45, 2.75) is 32.2 Å². The monoisotopic (exact) mass is 353 g/mol. The molecule has 1 heterocycles. The van der Waals surface area contributed by atoms with E-state index in [1.807, 2.05) is 24.3 Å². The van der Waals surface area contributed by atoms with E-state index >= 15 is 0 Å². The van der Waals surface area contributed by atoms with Crippen LogP contribution in [-0.2, 0) is 10.3 Å². The van der Waals surface area contributed by atoms with Gasteiger partial charge in [0.15, 0.2) is 0 Å². The first-order chi connectivity index (χ1) is 9.83. The summed E-state index contributed by atoms with van der Waals surface area (Å²) in [6.07, 6.45) is 2.28.